The van der Waals surface area contributed by atoms with Gasteiger partial charge in [0.15, 0.2) is 0 Å². The van der Waals surface area contributed by atoms with Gasteiger partial charge in [0.2, 0.25) is 0 Å². The van der Waals surface area contributed by atoms with E-state index in [1.807, 2.05) is 6.08 Å². The lowest BCUT2D eigenvalue weighted by molar-refractivity contribution is -0.132. The lowest BCUT2D eigenvalue weighted by atomic mass is 10.0. The predicted octanol–water partition coefficient (Wildman–Crippen LogP) is 1.51. The minimum absolute atomic E-state index is 0.322. The summed E-state index contributed by atoms with van der Waals surface area (Å²) in [4.78, 5) is 10.4. The molecule has 0 aromatic heterocycles. The molecule has 0 bridgehead atoms. The summed E-state index contributed by atoms with van der Waals surface area (Å²) in [5.74, 6) is -0.894. The van der Waals surface area contributed by atoms with Gasteiger partial charge in [0.05, 0.1) is 5.57 Å². The second kappa shape index (κ2) is 2.52. The Morgan fingerprint density at radius 1 is 1.70 bits per heavy atom. The third kappa shape index (κ3) is 1.16. The molecule has 0 radical (unpaired) electrons. The minimum Gasteiger partial charge on any atom is -0.478 e. The summed E-state index contributed by atoms with van der Waals surface area (Å²) in [7, 11) is 0. The standard InChI is InChI=1S/C8H8O2/c1-6-4-2-3-5-7(6)8(9)10/h2-3,5H,1,4H2,(H,9,10). The van der Waals surface area contributed by atoms with Gasteiger partial charge in [-0.25, -0.2) is 4.79 Å². The monoisotopic (exact) mass is 136 g/mol. The first-order valence-corrected chi connectivity index (χ1v) is 3.00. The molecule has 0 aromatic rings. The summed E-state index contributed by atoms with van der Waals surface area (Å²) >= 11 is 0. The number of aliphatic carboxylic acids is 1. The smallest absolute Gasteiger partial charge is 0.335 e. The first-order valence-electron chi connectivity index (χ1n) is 3.00. The number of rotatable bonds is 1. The van der Waals surface area contributed by atoms with Crippen LogP contribution in [0.3, 0.4) is 0 Å². The van der Waals surface area contributed by atoms with Gasteiger partial charge < -0.3 is 5.11 Å². The Labute approximate surface area is 59.2 Å². The second-order valence-corrected chi connectivity index (χ2v) is 2.12. The van der Waals surface area contributed by atoms with Gasteiger partial charge in [-0.1, -0.05) is 18.7 Å². The molecule has 1 N–H and O–H groups in total. The Bertz CT molecular complexity index is 234. The van der Waals surface area contributed by atoms with Crippen LogP contribution in [0.2, 0.25) is 0 Å². The van der Waals surface area contributed by atoms with Crippen LogP contribution in [0.25, 0.3) is 0 Å². The van der Waals surface area contributed by atoms with Crippen LogP contribution in [-0.2, 0) is 4.79 Å². The molecule has 10 heavy (non-hydrogen) atoms. The van der Waals surface area contributed by atoms with Gasteiger partial charge in [-0.15, -0.1) is 0 Å². The average molecular weight is 136 g/mol. The van der Waals surface area contributed by atoms with Crippen LogP contribution >= 0.6 is 0 Å². The van der Waals surface area contributed by atoms with Crippen molar-refractivity contribution in [2.45, 2.75) is 6.42 Å². The van der Waals surface area contributed by atoms with E-state index in [-0.39, 0.29) is 0 Å². The number of carboxylic acid groups (broad SMARTS) is 1. The molecule has 0 aliphatic heterocycles. The molecule has 0 saturated heterocycles. The zero-order chi connectivity index (χ0) is 7.56. The molecule has 0 spiro atoms. The Morgan fingerprint density at radius 3 is 2.80 bits per heavy atom. The highest BCUT2D eigenvalue weighted by Crippen LogP contribution is 2.16. The highest BCUT2D eigenvalue weighted by atomic mass is 16.4. The van der Waals surface area contributed by atoms with Crippen molar-refractivity contribution in [2.75, 3.05) is 0 Å². The van der Waals surface area contributed by atoms with Crippen LogP contribution in [0.5, 0.6) is 0 Å². The molecule has 0 aromatic carbocycles. The molecule has 0 atom stereocenters. The SMILES string of the molecule is C=C1CC=CC=C1C(=O)O. The summed E-state index contributed by atoms with van der Waals surface area (Å²) < 4.78 is 0. The van der Waals surface area contributed by atoms with Crippen molar-refractivity contribution in [3.63, 3.8) is 0 Å². The van der Waals surface area contributed by atoms with Crippen LogP contribution in [-0.4, -0.2) is 11.1 Å². The summed E-state index contributed by atoms with van der Waals surface area (Å²) in [5, 5.41) is 8.55. The number of allylic oxidation sites excluding steroid dienone is 3. The van der Waals surface area contributed by atoms with Crippen LogP contribution < -0.4 is 0 Å². The summed E-state index contributed by atoms with van der Waals surface area (Å²) in [6.07, 6.45) is 5.83. The molecule has 1 aliphatic rings. The molecule has 0 unspecified atom stereocenters. The maximum Gasteiger partial charge on any atom is 0.335 e. The highest BCUT2D eigenvalue weighted by molar-refractivity contribution is 5.92. The summed E-state index contributed by atoms with van der Waals surface area (Å²) in [6, 6.07) is 0. The number of carboxylic acids is 1. The maximum absolute atomic E-state index is 10.4. The third-order valence-corrected chi connectivity index (χ3v) is 1.37. The largest absolute Gasteiger partial charge is 0.478 e. The first kappa shape index (κ1) is 6.81. The predicted molar refractivity (Wildman–Crippen MR) is 38.6 cm³/mol. The zero-order valence-electron chi connectivity index (χ0n) is 5.50. The first-order chi connectivity index (χ1) is 4.72. The van der Waals surface area contributed by atoms with E-state index in [2.05, 4.69) is 6.58 Å². The van der Waals surface area contributed by atoms with Crippen molar-refractivity contribution < 1.29 is 9.90 Å². The van der Waals surface area contributed by atoms with Gasteiger partial charge in [0.25, 0.3) is 0 Å². The topological polar surface area (TPSA) is 37.3 Å². The van der Waals surface area contributed by atoms with E-state index in [1.165, 1.54) is 0 Å². The van der Waals surface area contributed by atoms with Crippen LogP contribution in [0.1, 0.15) is 6.42 Å². The van der Waals surface area contributed by atoms with Gasteiger partial charge in [-0.3, -0.25) is 0 Å². The fraction of sp³-hybridized carbons (Fsp3) is 0.125. The van der Waals surface area contributed by atoms with Crippen LogP contribution in [0, 0.1) is 0 Å². The normalized spacial score (nSPS) is 16.8. The molecule has 0 saturated carbocycles. The fourth-order valence-electron chi connectivity index (χ4n) is 0.825. The average Bonchev–Trinajstić information content (AvgIpc) is 1.88. The molecule has 2 heteroatoms. The van der Waals surface area contributed by atoms with E-state index in [0.717, 1.165) is 0 Å². The van der Waals surface area contributed by atoms with Gasteiger partial charge >= 0.3 is 5.97 Å². The van der Waals surface area contributed by atoms with Crippen LogP contribution in [0.4, 0.5) is 0 Å². The van der Waals surface area contributed by atoms with Gasteiger partial charge in [0.1, 0.15) is 0 Å². The Balaban J connectivity index is 2.91. The fourth-order valence-corrected chi connectivity index (χ4v) is 0.825. The van der Waals surface area contributed by atoms with E-state index in [9.17, 15) is 4.79 Å². The molecular formula is C8H8O2. The Kier molecular flexibility index (Phi) is 1.71. The lowest BCUT2D eigenvalue weighted by Gasteiger charge is -2.05. The van der Waals surface area contributed by atoms with Gasteiger partial charge in [-0.2, -0.15) is 0 Å². The van der Waals surface area contributed by atoms with E-state index < -0.39 is 5.97 Å². The Morgan fingerprint density at radius 2 is 2.40 bits per heavy atom. The van der Waals surface area contributed by atoms with E-state index in [1.54, 1.807) is 12.2 Å². The van der Waals surface area contributed by atoms with Crippen molar-refractivity contribution in [1.82, 2.24) is 0 Å². The number of hydrogen-bond donors (Lipinski definition) is 1. The zero-order valence-corrected chi connectivity index (χ0v) is 5.50. The highest BCUT2D eigenvalue weighted by Gasteiger charge is 2.10. The molecule has 0 fully saturated rings. The lowest BCUT2D eigenvalue weighted by Crippen LogP contribution is -2.03. The van der Waals surface area contributed by atoms with Crippen molar-refractivity contribution >= 4 is 5.97 Å². The van der Waals surface area contributed by atoms with Crippen LogP contribution in [0.15, 0.2) is 36.0 Å². The molecule has 1 aliphatic carbocycles. The third-order valence-electron chi connectivity index (χ3n) is 1.37. The maximum atomic E-state index is 10.4. The molecule has 52 valence electrons. The quantitative estimate of drug-likeness (QED) is 0.593. The Hall–Kier alpha value is -1.31. The van der Waals surface area contributed by atoms with Crippen molar-refractivity contribution in [1.29, 1.82) is 0 Å². The molecule has 1 rings (SSSR count). The van der Waals surface area contributed by atoms with E-state index >= 15 is 0 Å². The minimum atomic E-state index is -0.894. The van der Waals surface area contributed by atoms with E-state index in [0.29, 0.717) is 17.6 Å². The van der Waals surface area contributed by atoms with E-state index in [4.69, 9.17) is 5.11 Å². The summed E-state index contributed by atoms with van der Waals surface area (Å²) in [6.45, 7) is 3.62. The van der Waals surface area contributed by atoms with Gasteiger partial charge in [-0.05, 0) is 18.1 Å². The molecule has 2 nitrogen and oxygen atoms in total. The second-order valence-electron chi connectivity index (χ2n) is 2.12. The molecule has 0 heterocycles. The summed E-state index contributed by atoms with van der Waals surface area (Å²) in [5.41, 5.74) is 0.998. The van der Waals surface area contributed by atoms with Crippen molar-refractivity contribution in [3.05, 3.63) is 36.0 Å². The number of hydrogen-bond acceptors (Lipinski definition) is 1. The molecular weight excluding hydrogens is 128 g/mol. The molecule has 0 amide bonds. The van der Waals surface area contributed by atoms with Gasteiger partial charge in [0, 0.05) is 0 Å². The van der Waals surface area contributed by atoms with Crippen molar-refractivity contribution in [2.24, 2.45) is 0 Å². The number of carbonyl (C=O) groups is 1. The van der Waals surface area contributed by atoms with Crippen molar-refractivity contribution in [3.8, 4) is 0 Å².